The Morgan fingerprint density at radius 3 is 2.33 bits per heavy atom. The standard InChI is InChI=1S/C22H27NO3.ClH/c1-3-26-21(24)22(12-14-23-15-13-22)16-17-8-4-5-9-18(17)19-10-6-7-11-20(19)25-2;/h4-11,23H,3,12-16H2,1-2H3;1H. The molecular weight excluding hydrogens is 362 g/mol. The van der Waals surface area contributed by atoms with Gasteiger partial charge >= 0.3 is 5.97 Å². The van der Waals surface area contributed by atoms with E-state index in [2.05, 4.69) is 23.5 Å². The molecule has 2 aromatic rings. The minimum atomic E-state index is -0.459. The Morgan fingerprint density at radius 1 is 1.04 bits per heavy atom. The molecule has 3 rings (SSSR count). The predicted octanol–water partition coefficient (Wildman–Crippen LogP) is 4.26. The van der Waals surface area contributed by atoms with E-state index in [0.717, 1.165) is 48.4 Å². The first-order valence-corrected chi connectivity index (χ1v) is 9.29. The molecule has 1 fully saturated rings. The minimum Gasteiger partial charge on any atom is -0.496 e. The van der Waals surface area contributed by atoms with Crippen LogP contribution in [0.3, 0.4) is 0 Å². The molecule has 0 unspecified atom stereocenters. The second kappa shape index (κ2) is 9.77. The molecular formula is C22H28ClNO3. The minimum absolute atomic E-state index is 0. The highest BCUT2D eigenvalue weighted by atomic mass is 35.5. The van der Waals surface area contributed by atoms with E-state index in [1.54, 1.807) is 7.11 Å². The molecule has 1 heterocycles. The number of hydrogen-bond donors (Lipinski definition) is 1. The predicted molar refractivity (Wildman–Crippen MR) is 111 cm³/mol. The van der Waals surface area contributed by atoms with Crippen molar-refractivity contribution >= 4 is 18.4 Å². The number of carbonyl (C=O) groups excluding carboxylic acids is 1. The van der Waals surface area contributed by atoms with E-state index in [-0.39, 0.29) is 18.4 Å². The van der Waals surface area contributed by atoms with E-state index in [4.69, 9.17) is 9.47 Å². The number of hydrogen-bond acceptors (Lipinski definition) is 4. The smallest absolute Gasteiger partial charge is 0.312 e. The van der Waals surface area contributed by atoms with Crippen molar-refractivity contribution in [3.8, 4) is 16.9 Å². The van der Waals surface area contributed by atoms with Crippen molar-refractivity contribution in [3.05, 3.63) is 54.1 Å². The molecule has 146 valence electrons. The van der Waals surface area contributed by atoms with Crippen molar-refractivity contribution < 1.29 is 14.3 Å². The van der Waals surface area contributed by atoms with Gasteiger partial charge in [0, 0.05) is 5.56 Å². The third kappa shape index (κ3) is 4.63. The Balaban J connectivity index is 0.00000261. The Kier molecular flexibility index (Phi) is 7.69. The fourth-order valence-electron chi connectivity index (χ4n) is 3.81. The van der Waals surface area contributed by atoms with Gasteiger partial charge in [-0.15, -0.1) is 12.4 Å². The van der Waals surface area contributed by atoms with Crippen LogP contribution in [0.2, 0.25) is 0 Å². The van der Waals surface area contributed by atoms with Gasteiger partial charge in [0.2, 0.25) is 0 Å². The number of para-hydroxylation sites is 1. The topological polar surface area (TPSA) is 47.6 Å². The fourth-order valence-corrected chi connectivity index (χ4v) is 3.81. The maximum absolute atomic E-state index is 12.8. The first-order valence-electron chi connectivity index (χ1n) is 9.29. The van der Waals surface area contributed by atoms with E-state index >= 15 is 0 Å². The van der Waals surface area contributed by atoms with Crippen molar-refractivity contribution in [1.29, 1.82) is 0 Å². The van der Waals surface area contributed by atoms with Crippen LogP contribution in [0.4, 0.5) is 0 Å². The summed E-state index contributed by atoms with van der Waals surface area (Å²) in [6.45, 7) is 3.98. The first-order chi connectivity index (χ1) is 12.7. The summed E-state index contributed by atoms with van der Waals surface area (Å²) in [4.78, 5) is 12.8. The number of carbonyl (C=O) groups is 1. The zero-order valence-electron chi connectivity index (χ0n) is 16.0. The molecule has 0 saturated carbocycles. The van der Waals surface area contributed by atoms with Crippen LogP contribution >= 0.6 is 12.4 Å². The van der Waals surface area contributed by atoms with Crippen LogP contribution in [0, 0.1) is 5.41 Å². The van der Waals surface area contributed by atoms with Crippen molar-refractivity contribution in [2.75, 3.05) is 26.8 Å². The lowest BCUT2D eigenvalue weighted by Crippen LogP contribution is -2.44. The molecule has 1 aliphatic rings. The van der Waals surface area contributed by atoms with Crippen LogP contribution < -0.4 is 10.1 Å². The molecule has 2 aromatic carbocycles. The molecule has 27 heavy (non-hydrogen) atoms. The number of nitrogens with one attached hydrogen (secondary N) is 1. The van der Waals surface area contributed by atoms with Gasteiger partial charge in [-0.3, -0.25) is 4.79 Å². The zero-order valence-corrected chi connectivity index (χ0v) is 16.8. The lowest BCUT2D eigenvalue weighted by atomic mass is 9.73. The molecule has 0 spiro atoms. The average molecular weight is 390 g/mol. The average Bonchev–Trinajstić information content (AvgIpc) is 2.69. The fraction of sp³-hybridized carbons (Fsp3) is 0.409. The first kappa shape index (κ1) is 21.3. The van der Waals surface area contributed by atoms with E-state index in [0.29, 0.717) is 13.0 Å². The summed E-state index contributed by atoms with van der Waals surface area (Å²) in [7, 11) is 1.69. The van der Waals surface area contributed by atoms with Gasteiger partial charge in [0.05, 0.1) is 19.1 Å². The molecule has 5 heteroatoms. The van der Waals surface area contributed by atoms with Crippen molar-refractivity contribution in [2.24, 2.45) is 5.41 Å². The van der Waals surface area contributed by atoms with Gasteiger partial charge in [-0.1, -0.05) is 42.5 Å². The zero-order chi connectivity index (χ0) is 18.4. The third-order valence-electron chi connectivity index (χ3n) is 5.21. The maximum atomic E-state index is 12.8. The molecule has 4 nitrogen and oxygen atoms in total. The van der Waals surface area contributed by atoms with E-state index in [1.807, 2.05) is 37.3 Å². The highest BCUT2D eigenvalue weighted by molar-refractivity contribution is 5.85. The number of methoxy groups -OCH3 is 1. The number of esters is 1. The molecule has 1 N–H and O–H groups in total. The summed E-state index contributed by atoms with van der Waals surface area (Å²) >= 11 is 0. The second-order valence-corrected chi connectivity index (χ2v) is 6.79. The quantitative estimate of drug-likeness (QED) is 0.750. The summed E-state index contributed by atoms with van der Waals surface area (Å²) in [5.74, 6) is 0.770. The van der Waals surface area contributed by atoms with E-state index in [9.17, 15) is 4.79 Å². The Hall–Kier alpha value is -2.04. The number of piperidine rings is 1. The van der Waals surface area contributed by atoms with Crippen molar-refractivity contribution in [2.45, 2.75) is 26.2 Å². The lowest BCUT2D eigenvalue weighted by molar-refractivity contribution is -0.157. The third-order valence-corrected chi connectivity index (χ3v) is 5.21. The normalized spacial score (nSPS) is 15.5. The molecule has 0 atom stereocenters. The molecule has 0 radical (unpaired) electrons. The molecule has 0 aromatic heterocycles. The van der Waals surface area contributed by atoms with Crippen LogP contribution in [0.25, 0.3) is 11.1 Å². The monoisotopic (exact) mass is 389 g/mol. The van der Waals surface area contributed by atoms with Crippen LogP contribution in [-0.4, -0.2) is 32.8 Å². The number of benzene rings is 2. The Bertz CT molecular complexity index is 757. The molecule has 0 amide bonds. The largest absolute Gasteiger partial charge is 0.496 e. The van der Waals surface area contributed by atoms with Gasteiger partial charge in [-0.05, 0) is 56.5 Å². The van der Waals surface area contributed by atoms with E-state index < -0.39 is 5.41 Å². The highest BCUT2D eigenvalue weighted by Crippen LogP contribution is 2.39. The van der Waals surface area contributed by atoms with Crippen LogP contribution in [0.5, 0.6) is 5.75 Å². The lowest BCUT2D eigenvalue weighted by Gasteiger charge is -2.36. The van der Waals surface area contributed by atoms with Gasteiger partial charge in [0.15, 0.2) is 0 Å². The van der Waals surface area contributed by atoms with Crippen LogP contribution in [0.1, 0.15) is 25.3 Å². The van der Waals surface area contributed by atoms with Crippen LogP contribution in [-0.2, 0) is 16.0 Å². The summed E-state index contributed by atoms with van der Waals surface area (Å²) in [6.07, 6.45) is 2.28. The highest BCUT2D eigenvalue weighted by Gasteiger charge is 2.41. The maximum Gasteiger partial charge on any atom is 0.312 e. The molecule has 0 bridgehead atoms. The summed E-state index contributed by atoms with van der Waals surface area (Å²) in [5, 5.41) is 3.36. The van der Waals surface area contributed by atoms with Gasteiger partial charge in [-0.25, -0.2) is 0 Å². The number of halogens is 1. The van der Waals surface area contributed by atoms with Crippen molar-refractivity contribution in [1.82, 2.24) is 5.32 Å². The summed E-state index contributed by atoms with van der Waals surface area (Å²) < 4.78 is 11.0. The Labute approximate surface area is 167 Å². The van der Waals surface area contributed by atoms with Gasteiger partial charge < -0.3 is 14.8 Å². The molecule has 0 aliphatic carbocycles. The van der Waals surface area contributed by atoms with Crippen LogP contribution in [0.15, 0.2) is 48.5 Å². The number of rotatable bonds is 6. The second-order valence-electron chi connectivity index (χ2n) is 6.79. The SMILES string of the molecule is CCOC(=O)C1(Cc2ccccc2-c2ccccc2OC)CCNCC1.Cl. The van der Waals surface area contributed by atoms with E-state index in [1.165, 1.54) is 0 Å². The van der Waals surface area contributed by atoms with Gasteiger partial charge in [-0.2, -0.15) is 0 Å². The van der Waals surface area contributed by atoms with Crippen molar-refractivity contribution in [3.63, 3.8) is 0 Å². The number of ether oxygens (including phenoxy) is 2. The summed E-state index contributed by atoms with van der Waals surface area (Å²) in [6, 6.07) is 16.3. The van der Waals surface area contributed by atoms with Gasteiger partial charge in [0.1, 0.15) is 5.75 Å². The van der Waals surface area contributed by atoms with Gasteiger partial charge in [0.25, 0.3) is 0 Å². The molecule has 1 aliphatic heterocycles. The Morgan fingerprint density at radius 2 is 1.67 bits per heavy atom. The summed E-state index contributed by atoms with van der Waals surface area (Å²) in [5.41, 5.74) is 2.87. The molecule has 1 saturated heterocycles.